The molecule has 5 heteroatoms. The second-order valence-corrected chi connectivity index (χ2v) is 6.81. The van der Waals surface area contributed by atoms with E-state index in [0.717, 1.165) is 5.56 Å². The smallest absolute Gasteiger partial charge is 0.321 e. The first kappa shape index (κ1) is 14.2. The molecule has 0 spiro atoms. The van der Waals surface area contributed by atoms with Crippen molar-refractivity contribution in [3.63, 3.8) is 0 Å². The number of hydrogen-bond acceptors (Lipinski definition) is 2. The van der Waals surface area contributed by atoms with E-state index in [1.54, 1.807) is 12.1 Å². The summed E-state index contributed by atoms with van der Waals surface area (Å²) in [5.74, 6) is -0.919. The molecular weight excluding hydrogens is 260 g/mol. The van der Waals surface area contributed by atoms with Crippen molar-refractivity contribution in [2.75, 3.05) is 0 Å². The van der Waals surface area contributed by atoms with Crippen molar-refractivity contribution in [2.45, 2.75) is 31.3 Å². The summed E-state index contributed by atoms with van der Waals surface area (Å²) in [5.41, 5.74) is 1.73. The molecule has 0 saturated carbocycles. The zero-order valence-electron chi connectivity index (χ0n) is 9.99. The molecular formula is C12H15ClO3S. The normalized spacial score (nSPS) is 13.4. The maximum absolute atomic E-state index is 12.0. The summed E-state index contributed by atoms with van der Waals surface area (Å²) in [7, 11) is -1.51. The van der Waals surface area contributed by atoms with Gasteiger partial charge in [0.15, 0.2) is 0 Å². The fourth-order valence-corrected chi connectivity index (χ4v) is 2.66. The van der Waals surface area contributed by atoms with Crippen LogP contribution in [0.4, 0.5) is 0 Å². The van der Waals surface area contributed by atoms with Crippen molar-refractivity contribution in [1.82, 2.24) is 0 Å². The predicted octanol–water partition coefficient (Wildman–Crippen LogP) is 2.76. The first-order valence-corrected chi connectivity index (χ1v) is 6.81. The second-order valence-electron chi connectivity index (χ2n) is 4.40. The molecule has 0 bridgehead atoms. The highest BCUT2D eigenvalue weighted by Crippen LogP contribution is 2.23. The van der Waals surface area contributed by atoms with Gasteiger partial charge in [0.05, 0.1) is 5.75 Å². The maximum Gasteiger partial charge on any atom is 0.321 e. The van der Waals surface area contributed by atoms with Crippen LogP contribution in [-0.4, -0.2) is 20.0 Å². The van der Waals surface area contributed by atoms with Crippen molar-refractivity contribution < 1.29 is 14.1 Å². The van der Waals surface area contributed by atoms with Crippen LogP contribution in [0.5, 0.6) is 0 Å². The number of rotatable bonds is 4. The lowest BCUT2D eigenvalue weighted by Gasteiger charge is -2.18. The predicted molar refractivity (Wildman–Crippen MR) is 69.8 cm³/mol. The Morgan fingerprint density at radius 2 is 2.06 bits per heavy atom. The van der Waals surface area contributed by atoms with Gasteiger partial charge in [0.1, 0.15) is 4.75 Å². The van der Waals surface area contributed by atoms with E-state index in [9.17, 15) is 9.00 Å². The van der Waals surface area contributed by atoms with Gasteiger partial charge in [-0.25, -0.2) is 0 Å². The molecule has 0 aliphatic rings. The summed E-state index contributed by atoms with van der Waals surface area (Å²) >= 11 is 6.02. The fourth-order valence-electron chi connectivity index (χ4n) is 1.19. The lowest BCUT2D eigenvalue weighted by Crippen LogP contribution is -2.37. The summed E-state index contributed by atoms with van der Waals surface area (Å²) < 4.78 is 10.7. The number of hydrogen-bond donors (Lipinski definition) is 1. The van der Waals surface area contributed by atoms with Crippen LogP contribution >= 0.6 is 11.6 Å². The molecule has 0 fully saturated rings. The Labute approximate surface area is 108 Å². The zero-order chi connectivity index (χ0) is 13.2. The Morgan fingerprint density at radius 1 is 1.47 bits per heavy atom. The number of carboxylic acid groups (broad SMARTS) is 1. The van der Waals surface area contributed by atoms with Gasteiger partial charge in [-0.05, 0) is 38.0 Å². The molecule has 1 aromatic carbocycles. The third kappa shape index (κ3) is 3.30. The lowest BCUT2D eigenvalue weighted by molar-refractivity contribution is -0.139. The van der Waals surface area contributed by atoms with Crippen LogP contribution in [-0.2, 0) is 21.3 Å². The van der Waals surface area contributed by atoms with Crippen LogP contribution in [0.1, 0.15) is 25.0 Å². The van der Waals surface area contributed by atoms with E-state index in [1.807, 2.05) is 13.0 Å². The van der Waals surface area contributed by atoms with Crippen LogP contribution in [0.3, 0.4) is 0 Å². The van der Waals surface area contributed by atoms with Crippen LogP contribution in [0, 0.1) is 6.92 Å². The highest BCUT2D eigenvalue weighted by atomic mass is 35.5. The van der Waals surface area contributed by atoms with E-state index >= 15 is 0 Å². The monoisotopic (exact) mass is 274 g/mol. The lowest BCUT2D eigenvalue weighted by atomic mass is 10.2. The first-order chi connectivity index (χ1) is 7.75. The molecule has 0 radical (unpaired) electrons. The van der Waals surface area contributed by atoms with Gasteiger partial charge >= 0.3 is 5.97 Å². The van der Waals surface area contributed by atoms with Crippen molar-refractivity contribution >= 4 is 28.4 Å². The van der Waals surface area contributed by atoms with Gasteiger partial charge in [0.2, 0.25) is 0 Å². The molecule has 0 heterocycles. The van der Waals surface area contributed by atoms with E-state index in [-0.39, 0.29) is 5.75 Å². The molecule has 1 atom stereocenters. The summed E-state index contributed by atoms with van der Waals surface area (Å²) in [5, 5.41) is 9.50. The molecule has 1 unspecified atom stereocenters. The number of carboxylic acids is 1. The van der Waals surface area contributed by atoms with Crippen molar-refractivity contribution in [3.05, 3.63) is 34.3 Å². The third-order valence-electron chi connectivity index (χ3n) is 2.58. The molecule has 0 aliphatic carbocycles. The van der Waals surface area contributed by atoms with Gasteiger partial charge in [0.25, 0.3) is 0 Å². The van der Waals surface area contributed by atoms with E-state index in [2.05, 4.69) is 0 Å². The number of aliphatic carboxylic acids is 1. The Kier molecular flexibility index (Phi) is 4.33. The Morgan fingerprint density at radius 3 is 2.53 bits per heavy atom. The van der Waals surface area contributed by atoms with Crippen LogP contribution in [0.15, 0.2) is 18.2 Å². The Hall–Kier alpha value is -0.870. The second kappa shape index (κ2) is 5.19. The highest BCUT2D eigenvalue weighted by Gasteiger charge is 2.34. The van der Waals surface area contributed by atoms with Gasteiger partial charge in [-0.3, -0.25) is 9.00 Å². The van der Waals surface area contributed by atoms with Crippen LogP contribution < -0.4 is 0 Å². The van der Waals surface area contributed by atoms with Crippen molar-refractivity contribution in [2.24, 2.45) is 0 Å². The molecule has 1 N–H and O–H groups in total. The van der Waals surface area contributed by atoms with E-state index in [0.29, 0.717) is 10.6 Å². The highest BCUT2D eigenvalue weighted by molar-refractivity contribution is 7.86. The molecule has 0 aromatic heterocycles. The molecule has 3 nitrogen and oxygen atoms in total. The number of aryl methyl sites for hydroxylation is 1. The molecule has 0 amide bonds. The van der Waals surface area contributed by atoms with Crippen molar-refractivity contribution in [3.8, 4) is 0 Å². The van der Waals surface area contributed by atoms with E-state index in [1.165, 1.54) is 13.8 Å². The molecule has 1 aromatic rings. The Balaban J connectivity index is 2.92. The van der Waals surface area contributed by atoms with Gasteiger partial charge in [-0.15, -0.1) is 0 Å². The minimum Gasteiger partial charge on any atom is -0.480 e. The number of halogens is 1. The topological polar surface area (TPSA) is 54.4 Å². The molecule has 94 valence electrons. The maximum atomic E-state index is 12.0. The summed E-state index contributed by atoms with van der Waals surface area (Å²) in [6.07, 6.45) is 0. The Bertz CT molecular complexity index is 469. The first-order valence-electron chi connectivity index (χ1n) is 5.12. The van der Waals surface area contributed by atoms with E-state index in [4.69, 9.17) is 16.7 Å². The van der Waals surface area contributed by atoms with Crippen LogP contribution in [0.25, 0.3) is 0 Å². The summed E-state index contributed by atoms with van der Waals surface area (Å²) in [6, 6.07) is 5.43. The SMILES string of the molecule is Cc1ccc(CS(=O)C(C)(C)C(=O)O)c(Cl)c1. The zero-order valence-corrected chi connectivity index (χ0v) is 11.6. The van der Waals surface area contributed by atoms with E-state index < -0.39 is 21.5 Å². The number of benzene rings is 1. The minimum absolute atomic E-state index is 0.151. The molecule has 17 heavy (non-hydrogen) atoms. The standard InChI is InChI=1S/C12H15ClO3S/c1-8-4-5-9(10(13)6-8)7-17(16)12(2,3)11(14)15/h4-6H,7H2,1-3H3,(H,14,15). The molecule has 0 saturated heterocycles. The quantitative estimate of drug-likeness (QED) is 0.918. The van der Waals surface area contributed by atoms with Gasteiger partial charge in [-0.1, -0.05) is 23.7 Å². The van der Waals surface area contributed by atoms with Crippen molar-refractivity contribution in [1.29, 1.82) is 0 Å². The van der Waals surface area contributed by atoms with Gasteiger partial charge in [-0.2, -0.15) is 0 Å². The van der Waals surface area contributed by atoms with Gasteiger partial charge in [0, 0.05) is 15.8 Å². The number of carbonyl (C=O) groups is 1. The third-order valence-corrected chi connectivity index (χ3v) is 4.82. The minimum atomic E-state index is -1.51. The summed E-state index contributed by atoms with van der Waals surface area (Å²) in [6.45, 7) is 4.81. The van der Waals surface area contributed by atoms with Gasteiger partial charge < -0.3 is 5.11 Å². The summed E-state index contributed by atoms with van der Waals surface area (Å²) in [4.78, 5) is 11.0. The molecule has 1 rings (SSSR count). The average Bonchev–Trinajstić information content (AvgIpc) is 2.21. The molecule has 0 aliphatic heterocycles. The fraction of sp³-hybridized carbons (Fsp3) is 0.417. The average molecular weight is 275 g/mol. The largest absolute Gasteiger partial charge is 0.480 e. The van der Waals surface area contributed by atoms with Crippen LogP contribution in [0.2, 0.25) is 5.02 Å².